The number of carbonyl (C=O) groups excluding carboxylic acids is 1. The Hall–Kier alpha value is -2.52. The van der Waals surface area contributed by atoms with Gasteiger partial charge in [0.2, 0.25) is 0 Å². The molecule has 0 bridgehead atoms. The Morgan fingerprint density at radius 2 is 2.10 bits per heavy atom. The molecule has 0 spiro atoms. The lowest BCUT2D eigenvalue weighted by atomic mass is 9.92. The van der Waals surface area contributed by atoms with E-state index in [1.165, 1.54) is 16.1 Å². The van der Waals surface area contributed by atoms with Crippen molar-refractivity contribution in [3.63, 3.8) is 0 Å². The zero-order valence-electron chi connectivity index (χ0n) is 17.7. The molecule has 0 aromatic carbocycles. The van der Waals surface area contributed by atoms with E-state index in [-0.39, 0.29) is 17.9 Å². The number of hydrogen-bond donors (Lipinski definition) is 1. The number of carbonyl (C=O) groups is 1. The summed E-state index contributed by atoms with van der Waals surface area (Å²) >= 11 is 1.44. The summed E-state index contributed by atoms with van der Waals surface area (Å²) in [4.78, 5) is 21.4. The van der Waals surface area contributed by atoms with Crippen molar-refractivity contribution in [2.75, 3.05) is 6.54 Å². The number of nitrogens with zero attached hydrogens (tertiary/aromatic N) is 5. The third-order valence-electron chi connectivity index (χ3n) is 5.98. The molecule has 3 atom stereocenters. The molecular weight excluding hydrogens is 402 g/mol. The molecule has 0 aliphatic carbocycles. The number of aliphatic hydroxyl groups is 1. The monoisotopic (exact) mass is 429 g/mol. The fraction of sp³-hybridized carbons (Fsp3) is 0.524. The average Bonchev–Trinajstić information content (AvgIpc) is 3.47. The topological polar surface area (TPSA) is 97.3 Å². The van der Waals surface area contributed by atoms with Crippen LogP contribution in [0.15, 0.2) is 28.3 Å². The van der Waals surface area contributed by atoms with Gasteiger partial charge >= 0.3 is 0 Å². The summed E-state index contributed by atoms with van der Waals surface area (Å²) in [6.07, 6.45) is 5.49. The molecule has 160 valence electrons. The Kier molecular flexibility index (Phi) is 5.50. The van der Waals surface area contributed by atoms with Crippen molar-refractivity contribution in [1.29, 1.82) is 0 Å². The van der Waals surface area contributed by atoms with Gasteiger partial charge in [0, 0.05) is 12.6 Å². The van der Waals surface area contributed by atoms with Gasteiger partial charge in [-0.3, -0.25) is 4.79 Å². The van der Waals surface area contributed by atoms with E-state index in [0.29, 0.717) is 40.9 Å². The minimum absolute atomic E-state index is 0.00447. The van der Waals surface area contributed by atoms with Gasteiger partial charge in [0.15, 0.2) is 10.9 Å². The number of hydrogen-bond acceptors (Lipinski definition) is 7. The molecule has 1 aliphatic rings. The minimum Gasteiger partial charge on any atom is -0.445 e. The molecule has 0 saturated carbocycles. The van der Waals surface area contributed by atoms with E-state index >= 15 is 0 Å². The second-order valence-electron chi connectivity index (χ2n) is 8.12. The zero-order chi connectivity index (χ0) is 21.5. The van der Waals surface area contributed by atoms with E-state index in [4.69, 9.17) is 4.42 Å². The molecule has 1 amide bonds. The van der Waals surface area contributed by atoms with Crippen molar-refractivity contribution >= 4 is 17.2 Å². The van der Waals surface area contributed by atoms with Crippen LogP contribution in [0.4, 0.5) is 0 Å². The highest BCUT2D eigenvalue weighted by atomic mass is 32.1. The first-order valence-electron chi connectivity index (χ1n) is 10.3. The van der Waals surface area contributed by atoms with Crippen LogP contribution in [-0.4, -0.2) is 48.5 Å². The quantitative estimate of drug-likeness (QED) is 0.665. The van der Waals surface area contributed by atoms with Crippen LogP contribution in [-0.2, 0) is 5.60 Å². The number of oxazole rings is 1. The number of thiophene rings is 1. The number of likely N-dealkylation sites (tertiary alicyclic amines) is 1. The van der Waals surface area contributed by atoms with Crippen LogP contribution >= 0.6 is 11.3 Å². The number of aromatic nitrogens is 4. The van der Waals surface area contributed by atoms with Crippen LogP contribution in [0.1, 0.15) is 73.7 Å². The molecule has 3 aromatic rings. The van der Waals surface area contributed by atoms with Gasteiger partial charge in [-0.1, -0.05) is 6.92 Å². The molecule has 1 aliphatic heterocycles. The average molecular weight is 430 g/mol. The van der Waals surface area contributed by atoms with Crippen molar-refractivity contribution in [3.8, 4) is 5.00 Å². The first-order chi connectivity index (χ1) is 14.3. The van der Waals surface area contributed by atoms with Crippen LogP contribution in [0.2, 0.25) is 0 Å². The third kappa shape index (κ3) is 3.67. The molecular formula is C21H27N5O3S. The lowest BCUT2D eigenvalue weighted by Gasteiger charge is -2.37. The number of piperidine rings is 1. The highest BCUT2D eigenvalue weighted by molar-refractivity contribution is 7.12. The molecule has 3 aromatic heterocycles. The maximum atomic E-state index is 13.4. The van der Waals surface area contributed by atoms with E-state index < -0.39 is 5.60 Å². The first kappa shape index (κ1) is 20.7. The van der Waals surface area contributed by atoms with E-state index in [0.717, 1.165) is 12.8 Å². The summed E-state index contributed by atoms with van der Waals surface area (Å²) in [5, 5.41) is 21.6. The van der Waals surface area contributed by atoms with E-state index in [1.807, 2.05) is 30.2 Å². The molecule has 4 rings (SSSR count). The van der Waals surface area contributed by atoms with Crippen molar-refractivity contribution in [1.82, 2.24) is 24.9 Å². The van der Waals surface area contributed by atoms with E-state index in [9.17, 15) is 9.90 Å². The molecule has 0 radical (unpaired) electrons. The maximum absolute atomic E-state index is 13.4. The molecule has 1 saturated heterocycles. The standard InChI is InChI=1S/C21H27N5O3S/c1-5-21(4,28)17-14(3)29-18(24-17)15-7-6-13(2)25(12-15)19(27)16-8-11-30-20(16)26-22-9-10-23-26/h8-11,13,15,28H,5-7,12H2,1-4H3/t13?,15-,21+/m1/s1. The zero-order valence-corrected chi connectivity index (χ0v) is 18.5. The summed E-state index contributed by atoms with van der Waals surface area (Å²) in [7, 11) is 0. The first-order valence-corrected chi connectivity index (χ1v) is 11.1. The second kappa shape index (κ2) is 7.96. The van der Waals surface area contributed by atoms with E-state index in [2.05, 4.69) is 22.1 Å². The largest absolute Gasteiger partial charge is 0.445 e. The van der Waals surface area contributed by atoms with Crippen molar-refractivity contribution in [2.24, 2.45) is 0 Å². The normalized spacial score (nSPS) is 21.6. The predicted octanol–water partition coefficient (Wildman–Crippen LogP) is 3.65. The number of amides is 1. The van der Waals surface area contributed by atoms with Gasteiger partial charge in [-0.15, -0.1) is 16.1 Å². The molecule has 4 heterocycles. The predicted molar refractivity (Wildman–Crippen MR) is 113 cm³/mol. The fourth-order valence-electron chi connectivity index (χ4n) is 3.94. The number of rotatable bonds is 5. The van der Waals surface area contributed by atoms with Gasteiger partial charge in [-0.2, -0.15) is 10.2 Å². The van der Waals surface area contributed by atoms with Gasteiger partial charge in [0.25, 0.3) is 5.91 Å². The Balaban J connectivity index is 1.59. The van der Waals surface area contributed by atoms with Crippen LogP contribution < -0.4 is 0 Å². The van der Waals surface area contributed by atoms with Gasteiger partial charge < -0.3 is 14.4 Å². The highest BCUT2D eigenvalue weighted by Crippen LogP contribution is 2.35. The molecule has 1 fully saturated rings. The SMILES string of the molecule is CC[C@](C)(O)c1nc([C@@H]2CCC(C)N(C(=O)c3ccsc3-n3nccn3)C2)oc1C. The third-order valence-corrected chi connectivity index (χ3v) is 6.86. The molecule has 9 heteroatoms. The Morgan fingerprint density at radius 1 is 1.37 bits per heavy atom. The molecule has 1 unspecified atom stereocenters. The van der Waals surface area contributed by atoms with Crippen LogP contribution in [0.25, 0.3) is 5.00 Å². The summed E-state index contributed by atoms with van der Waals surface area (Å²) in [6, 6.07) is 1.94. The minimum atomic E-state index is -1.02. The molecule has 8 nitrogen and oxygen atoms in total. The van der Waals surface area contributed by atoms with Crippen molar-refractivity contribution in [3.05, 3.63) is 46.7 Å². The summed E-state index contributed by atoms with van der Waals surface area (Å²) in [6.45, 7) is 8.10. The summed E-state index contributed by atoms with van der Waals surface area (Å²) in [5.41, 5.74) is 0.161. The Labute approximate surface area is 179 Å². The summed E-state index contributed by atoms with van der Waals surface area (Å²) in [5.74, 6) is 1.19. The molecule has 30 heavy (non-hydrogen) atoms. The Morgan fingerprint density at radius 3 is 2.80 bits per heavy atom. The highest BCUT2D eigenvalue weighted by Gasteiger charge is 2.36. The van der Waals surface area contributed by atoms with Gasteiger partial charge in [0.05, 0.1) is 23.9 Å². The van der Waals surface area contributed by atoms with Gasteiger partial charge in [-0.05, 0) is 51.5 Å². The lowest BCUT2D eigenvalue weighted by Crippen LogP contribution is -2.45. The van der Waals surface area contributed by atoms with Gasteiger partial charge in [0.1, 0.15) is 17.1 Å². The lowest BCUT2D eigenvalue weighted by molar-refractivity contribution is 0.0473. The maximum Gasteiger partial charge on any atom is 0.257 e. The van der Waals surface area contributed by atoms with E-state index in [1.54, 1.807) is 19.3 Å². The van der Waals surface area contributed by atoms with Crippen molar-refractivity contribution < 1.29 is 14.3 Å². The second-order valence-corrected chi connectivity index (χ2v) is 9.02. The number of aryl methyl sites for hydroxylation is 1. The van der Waals surface area contributed by atoms with Crippen LogP contribution in [0.5, 0.6) is 0 Å². The fourth-order valence-corrected chi connectivity index (χ4v) is 4.75. The van der Waals surface area contributed by atoms with Crippen molar-refractivity contribution in [2.45, 2.75) is 64.5 Å². The molecule has 1 N–H and O–H groups in total. The van der Waals surface area contributed by atoms with Crippen LogP contribution in [0, 0.1) is 6.92 Å². The Bertz CT molecular complexity index is 1020. The smallest absolute Gasteiger partial charge is 0.257 e. The van der Waals surface area contributed by atoms with Crippen LogP contribution in [0.3, 0.4) is 0 Å². The van der Waals surface area contributed by atoms with Gasteiger partial charge in [-0.25, -0.2) is 4.98 Å². The summed E-state index contributed by atoms with van der Waals surface area (Å²) < 4.78 is 5.95.